The quantitative estimate of drug-likeness (QED) is 0.824. The fraction of sp³-hybridized carbons (Fsp3) is 0.769. The molecule has 2 aliphatic rings. The number of imidazole rings is 1. The van der Waals surface area contributed by atoms with Crippen LogP contribution in [0.1, 0.15) is 50.8 Å². The molecule has 0 aromatic carbocycles. The summed E-state index contributed by atoms with van der Waals surface area (Å²) in [7, 11) is 0. The molecule has 0 aliphatic heterocycles. The summed E-state index contributed by atoms with van der Waals surface area (Å²) >= 11 is 0. The third-order valence-corrected chi connectivity index (χ3v) is 3.55. The van der Waals surface area contributed by atoms with E-state index in [9.17, 15) is 0 Å². The summed E-state index contributed by atoms with van der Waals surface area (Å²) in [6.45, 7) is 4.36. The molecule has 3 rings (SSSR count). The minimum absolute atomic E-state index is 0.562. The second kappa shape index (κ2) is 3.79. The van der Waals surface area contributed by atoms with E-state index in [0.29, 0.717) is 6.04 Å². The van der Waals surface area contributed by atoms with Crippen molar-refractivity contribution in [3.63, 3.8) is 0 Å². The van der Waals surface area contributed by atoms with Crippen LogP contribution in [0.15, 0.2) is 6.20 Å². The van der Waals surface area contributed by atoms with Crippen LogP contribution in [0.25, 0.3) is 0 Å². The minimum atomic E-state index is 0.562. The number of rotatable bonds is 5. The molecule has 1 N–H and O–H groups in total. The predicted octanol–water partition coefficient (Wildman–Crippen LogP) is 3.13. The van der Waals surface area contributed by atoms with Crippen LogP contribution >= 0.6 is 0 Å². The van der Waals surface area contributed by atoms with Crippen LogP contribution in [0.2, 0.25) is 0 Å². The number of hydrogen-bond donors (Lipinski definition) is 1. The Labute approximate surface area is 97.3 Å². The monoisotopic (exact) mass is 219 g/mol. The third kappa shape index (κ3) is 2.23. The average Bonchev–Trinajstić information content (AvgIpc) is 3.07. The lowest BCUT2D eigenvalue weighted by Crippen LogP contribution is -2.18. The molecule has 0 spiro atoms. The molecule has 3 nitrogen and oxygen atoms in total. The van der Waals surface area contributed by atoms with Gasteiger partial charge in [-0.2, -0.15) is 0 Å². The van der Waals surface area contributed by atoms with Crippen molar-refractivity contribution < 1.29 is 0 Å². The third-order valence-electron chi connectivity index (χ3n) is 3.55. The van der Waals surface area contributed by atoms with E-state index in [1.54, 1.807) is 0 Å². The lowest BCUT2D eigenvalue weighted by molar-refractivity contribution is 0.627. The molecular formula is C13H21N3. The van der Waals surface area contributed by atoms with E-state index in [0.717, 1.165) is 23.6 Å². The summed E-state index contributed by atoms with van der Waals surface area (Å²) in [5.41, 5.74) is 1.13. The SMILES string of the molecule is Cc1cn(C2CC2)c(NC(C)CC2CC2)n1. The van der Waals surface area contributed by atoms with Crippen molar-refractivity contribution in [1.82, 2.24) is 9.55 Å². The lowest BCUT2D eigenvalue weighted by atomic mass is 10.2. The van der Waals surface area contributed by atoms with Crippen LogP contribution in [0, 0.1) is 12.8 Å². The van der Waals surface area contributed by atoms with Gasteiger partial charge in [-0.25, -0.2) is 4.98 Å². The second-order valence-corrected chi connectivity index (χ2v) is 5.57. The highest BCUT2D eigenvalue weighted by molar-refractivity contribution is 5.31. The number of nitrogens with zero attached hydrogens (tertiary/aromatic N) is 2. The standard InChI is InChI=1S/C13H21N3/c1-9(7-11-3-4-11)14-13-15-10(2)8-16(13)12-5-6-12/h8-9,11-12H,3-7H2,1-2H3,(H,14,15). The van der Waals surface area contributed by atoms with E-state index in [2.05, 4.69) is 34.9 Å². The Balaban J connectivity index is 1.67. The van der Waals surface area contributed by atoms with Crippen molar-refractivity contribution in [2.24, 2.45) is 5.92 Å². The second-order valence-electron chi connectivity index (χ2n) is 5.57. The van der Waals surface area contributed by atoms with E-state index in [1.165, 1.54) is 32.1 Å². The molecule has 0 bridgehead atoms. The molecule has 2 aliphatic carbocycles. The Morgan fingerprint density at radius 2 is 2.19 bits per heavy atom. The number of aryl methyl sites for hydroxylation is 1. The first-order chi connectivity index (χ1) is 7.72. The van der Waals surface area contributed by atoms with Crippen LogP contribution < -0.4 is 5.32 Å². The molecule has 0 amide bonds. The molecule has 1 aromatic rings. The van der Waals surface area contributed by atoms with Crippen LogP contribution in [0.5, 0.6) is 0 Å². The van der Waals surface area contributed by atoms with Crippen molar-refractivity contribution in [3.8, 4) is 0 Å². The Hall–Kier alpha value is -0.990. The Morgan fingerprint density at radius 1 is 1.44 bits per heavy atom. The van der Waals surface area contributed by atoms with Gasteiger partial charge in [-0.3, -0.25) is 0 Å². The zero-order valence-corrected chi connectivity index (χ0v) is 10.2. The molecule has 16 heavy (non-hydrogen) atoms. The van der Waals surface area contributed by atoms with E-state index < -0.39 is 0 Å². The van der Waals surface area contributed by atoms with Crippen molar-refractivity contribution in [3.05, 3.63) is 11.9 Å². The van der Waals surface area contributed by atoms with Crippen molar-refractivity contribution in [1.29, 1.82) is 0 Å². The fourth-order valence-corrected chi connectivity index (χ4v) is 2.39. The molecule has 3 heteroatoms. The first-order valence-corrected chi connectivity index (χ1v) is 6.54. The maximum absolute atomic E-state index is 4.59. The van der Waals surface area contributed by atoms with Gasteiger partial charge in [0.05, 0.1) is 5.69 Å². The number of nitrogens with one attached hydrogen (secondary N) is 1. The summed E-state index contributed by atoms with van der Waals surface area (Å²) in [5, 5.41) is 3.58. The first kappa shape index (κ1) is 10.2. The van der Waals surface area contributed by atoms with Gasteiger partial charge in [-0.15, -0.1) is 0 Å². The van der Waals surface area contributed by atoms with Crippen LogP contribution in [0.3, 0.4) is 0 Å². The van der Waals surface area contributed by atoms with E-state index >= 15 is 0 Å². The Bertz CT molecular complexity index is 375. The highest BCUT2D eigenvalue weighted by Crippen LogP contribution is 2.38. The van der Waals surface area contributed by atoms with Gasteiger partial charge in [0.1, 0.15) is 0 Å². The molecule has 88 valence electrons. The normalized spacial score (nSPS) is 22.1. The Kier molecular flexibility index (Phi) is 2.41. The number of hydrogen-bond acceptors (Lipinski definition) is 2. The zero-order valence-electron chi connectivity index (χ0n) is 10.2. The molecule has 2 saturated carbocycles. The molecule has 2 fully saturated rings. The topological polar surface area (TPSA) is 29.9 Å². The summed E-state index contributed by atoms with van der Waals surface area (Å²) in [6, 6.07) is 1.28. The number of aromatic nitrogens is 2. The van der Waals surface area contributed by atoms with Gasteiger partial charge in [0, 0.05) is 18.3 Å². The predicted molar refractivity (Wildman–Crippen MR) is 65.7 cm³/mol. The largest absolute Gasteiger partial charge is 0.353 e. The van der Waals surface area contributed by atoms with Gasteiger partial charge >= 0.3 is 0 Å². The van der Waals surface area contributed by atoms with Crippen LogP contribution in [-0.4, -0.2) is 15.6 Å². The molecule has 0 radical (unpaired) electrons. The molecule has 0 saturated heterocycles. The molecule has 1 atom stereocenters. The lowest BCUT2D eigenvalue weighted by Gasteiger charge is -2.15. The van der Waals surface area contributed by atoms with Crippen LogP contribution in [0.4, 0.5) is 5.95 Å². The van der Waals surface area contributed by atoms with E-state index in [4.69, 9.17) is 0 Å². The summed E-state index contributed by atoms with van der Waals surface area (Å²) in [5.74, 6) is 2.07. The summed E-state index contributed by atoms with van der Waals surface area (Å²) in [6.07, 6.45) is 8.99. The summed E-state index contributed by atoms with van der Waals surface area (Å²) < 4.78 is 2.33. The van der Waals surface area contributed by atoms with Crippen molar-refractivity contribution >= 4 is 5.95 Å². The maximum atomic E-state index is 4.59. The van der Waals surface area contributed by atoms with E-state index in [1.807, 2.05) is 0 Å². The van der Waals surface area contributed by atoms with Gasteiger partial charge in [0.15, 0.2) is 0 Å². The van der Waals surface area contributed by atoms with E-state index in [-0.39, 0.29) is 0 Å². The molecular weight excluding hydrogens is 198 g/mol. The summed E-state index contributed by atoms with van der Waals surface area (Å²) in [4.78, 5) is 4.59. The van der Waals surface area contributed by atoms with Gasteiger partial charge in [-0.1, -0.05) is 12.8 Å². The maximum Gasteiger partial charge on any atom is 0.203 e. The zero-order chi connectivity index (χ0) is 11.1. The molecule has 1 heterocycles. The van der Waals surface area contributed by atoms with Gasteiger partial charge in [0.25, 0.3) is 0 Å². The molecule has 1 aromatic heterocycles. The van der Waals surface area contributed by atoms with Gasteiger partial charge in [-0.05, 0) is 39.0 Å². The van der Waals surface area contributed by atoms with Crippen molar-refractivity contribution in [2.75, 3.05) is 5.32 Å². The fourth-order valence-electron chi connectivity index (χ4n) is 2.39. The minimum Gasteiger partial charge on any atom is -0.353 e. The highest BCUT2D eigenvalue weighted by Gasteiger charge is 2.28. The average molecular weight is 219 g/mol. The van der Waals surface area contributed by atoms with Gasteiger partial charge < -0.3 is 9.88 Å². The van der Waals surface area contributed by atoms with Gasteiger partial charge in [0.2, 0.25) is 5.95 Å². The molecule has 1 unspecified atom stereocenters. The number of anilines is 1. The smallest absolute Gasteiger partial charge is 0.203 e. The Morgan fingerprint density at radius 3 is 2.81 bits per heavy atom. The van der Waals surface area contributed by atoms with Crippen LogP contribution in [-0.2, 0) is 0 Å². The first-order valence-electron chi connectivity index (χ1n) is 6.54. The van der Waals surface area contributed by atoms with Crippen molar-refractivity contribution in [2.45, 2.75) is 58.0 Å². The highest BCUT2D eigenvalue weighted by atomic mass is 15.2.